The Hall–Kier alpha value is -3.22. The van der Waals surface area contributed by atoms with Crippen LogP contribution in [0.5, 0.6) is 0 Å². The molecule has 7 heteroatoms. The van der Waals surface area contributed by atoms with E-state index in [9.17, 15) is 8.78 Å². The first-order valence-electron chi connectivity index (χ1n) is 9.63. The van der Waals surface area contributed by atoms with Gasteiger partial charge in [-0.1, -0.05) is 18.2 Å². The molecular weight excluding hydrogens is 372 g/mol. The maximum Gasteiger partial charge on any atom is 0.229 e. The van der Waals surface area contributed by atoms with Crippen molar-refractivity contribution < 1.29 is 8.78 Å². The number of aryl methyl sites for hydroxylation is 1. The number of hydrogen-bond donors (Lipinski definition) is 1. The summed E-state index contributed by atoms with van der Waals surface area (Å²) in [4.78, 5) is 13.1. The predicted octanol–water partition coefficient (Wildman–Crippen LogP) is 4.44. The van der Waals surface area contributed by atoms with Gasteiger partial charge in [0.2, 0.25) is 5.95 Å². The van der Waals surface area contributed by atoms with E-state index in [2.05, 4.69) is 57.1 Å². The molecule has 4 rings (SSSR count). The summed E-state index contributed by atoms with van der Waals surface area (Å²) >= 11 is 0. The smallest absolute Gasteiger partial charge is 0.229 e. The molecule has 0 bridgehead atoms. The predicted molar refractivity (Wildman–Crippen MR) is 112 cm³/mol. The largest absolute Gasteiger partial charge is 0.368 e. The number of aromatic nitrogens is 2. The van der Waals surface area contributed by atoms with Gasteiger partial charge in [-0.3, -0.25) is 0 Å². The minimum atomic E-state index is -0.679. The molecule has 0 spiro atoms. The monoisotopic (exact) mass is 395 g/mol. The Balaban J connectivity index is 1.47. The van der Waals surface area contributed by atoms with Crippen molar-refractivity contribution in [2.24, 2.45) is 0 Å². The Morgan fingerprint density at radius 1 is 0.862 bits per heavy atom. The van der Waals surface area contributed by atoms with E-state index < -0.39 is 11.6 Å². The van der Waals surface area contributed by atoms with Crippen LogP contribution < -0.4 is 15.1 Å². The van der Waals surface area contributed by atoms with E-state index in [0.29, 0.717) is 0 Å². The normalized spacial score (nSPS) is 14.2. The van der Waals surface area contributed by atoms with Crippen LogP contribution in [0.25, 0.3) is 0 Å². The van der Waals surface area contributed by atoms with Crippen molar-refractivity contribution in [2.75, 3.05) is 41.3 Å². The topological polar surface area (TPSA) is 44.3 Å². The summed E-state index contributed by atoms with van der Waals surface area (Å²) in [6.45, 7) is 7.64. The van der Waals surface area contributed by atoms with E-state index in [-0.39, 0.29) is 11.6 Å². The molecule has 1 aliphatic rings. The second-order valence-electron chi connectivity index (χ2n) is 7.15. The minimum absolute atomic E-state index is 0.170. The van der Waals surface area contributed by atoms with E-state index in [4.69, 9.17) is 0 Å². The lowest BCUT2D eigenvalue weighted by Gasteiger charge is -2.37. The highest BCUT2D eigenvalue weighted by Crippen LogP contribution is 2.26. The van der Waals surface area contributed by atoms with Gasteiger partial charge >= 0.3 is 0 Å². The van der Waals surface area contributed by atoms with Gasteiger partial charge in [0.25, 0.3) is 0 Å². The van der Waals surface area contributed by atoms with Gasteiger partial charge in [0.05, 0.1) is 0 Å². The second kappa shape index (κ2) is 8.03. The highest BCUT2D eigenvalue weighted by molar-refractivity contribution is 5.59. The zero-order valence-electron chi connectivity index (χ0n) is 16.5. The number of benzene rings is 2. The number of hydrogen-bond acceptors (Lipinski definition) is 5. The van der Waals surface area contributed by atoms with Crippen molar-refractivity contribution in [3.63, 3.8) is 0 Å². The molecule has 0 amide bonds. The third kappa shape index (κ3) is 3.99. The summed E-state index contributed by atoms with van der Waals surface area (Å²) in [5, 5.41) is 2.66. The van der Waals surface area contributed by atoms with Gasteiger partial charge in [0.1, 0.15) is 23.1 Å². The molecular formula is C22H23F2N5. The standard InChI is InChI=1S/C22H23F2N5/c1-15-5-3-8-19(16(15)2)28-11-13-29(14-12-28)20-9-10-25-22(26-20)27-21-17(23)6-4-7-18(21)24/h3-10H,11-14H2,1-2H3,(H,25,26,27). The molecule has 0 atom stereocenters. The van der Waals surface area contributed by atoms with Crippen LogP contribution in [0.4, 0.5) is 31.9 Å². The fraction of sp³-hybridized carbons (Fsp3) is 0.273. The molecule has 1 aliphatic heterocycles. The van der Waals surface area contributed by atoms with Gasteiger partial charge in [0, 0.05) is 38.1 Å². The molecule has 2 heterocycles. The second-order valence-corrected chi connectivity index (χ2v) is 7.15. The highest BCUT2D eigenvalue weighted by Gasteiger charge is 2.20. The van der Waals surface area contributed by atoms with Crippen LogP contribution in [-0.2, 0) is 0 Å². The molecule has 0 radical (unpaired) electrons. The zero-order valence-corrected chi connectivity index (χ0v) is 16.5. The molecule has 5 nitrogen and oxygen atoms in total. The lowest BCUT2D eigenvalue weighted by Crippen LogP contribution is -2.47. The molecule has 1 fully saturated rings. The fourth-order valence-corrected chi connectivity index (χ4v) is 3.57. The summed E-state index contributed by atoms with van der Waals surface area (Å²) in [6.07, 6.45) is 1.60. The van der Waals surface area contributed by atoms with Crippen LogP contribution in [-0.4, -0.2) is 36.1 Å². The van der Waals surface area contributed by atoms with Gasteiger partial charge < -0.3 is 15.1 Å². The van der Waals surface area contributed by atoms with Crippen molar-refractivity contribution in [2.45, 2.75) is 13.8 Å². The fourth-order valence-electron chi connectivity index (χ4n) is 3.57. The SMILES string of the molecule is Cc1cccc(N2CCN(c3ccnc(Nc4c(F)cccc4F)n3)CC2)c1C. The minimum Gasteiger partial charge on any atom is -0.368 e. The van der Waals surface area contributed by atoms with E-state index in [1.807, 2.05) is 6.07 Å². The number of para-hydroxylation sites is 1. The van der Waals surface area contributed by atoms with E-state index in [0.717, 1.165) is 32.0 Å². The average Bonchev–Trinajstić information content (AvgIpc) is 2.73. The molecule has 0 saturated carbocycles. The molecule has 150 valence electrons. The molecule has 29 heavy (non-hydrogen) atoms. The first-order chi connectivity index (χ1) is 14.0. The van der Waals surface area contributed by atoms with E-state index >= 15 is 0 Å². The molecule has 3 aromatic rings. The van der Waals surface area contributed by atoms with E-state index in [1.54, 1.807) is 6.20 Å². The number of piperazine rings is 1. The van der Waals surface area contributed by atoms with Crippen LogP contribution in [0.1, 0.15) is 11.1 Å². The maximum atomic E-state index is 13.9. The van der Waals surface area contributed by atoms with Crippen molar-refractivity contribution in [1.82, 2.24) is 9.97 Å². The van der Waals surface area contributed by atoms with Crippen LogP contribution in [0.2, 0.25) is 0 Å². The first kappa shape index (κ1) is 19.1. The summed E-state index contributed by atoms with van der Waals surface area (Å²) in [6, 6.07) is 11.9. The number of anilines is 4. The molecule has 2 aromatic carbocycles. The van der Waals surface area contributed by atoms with Crippen LogP contribution in [0, 0.1) is 25.5 Å². The Kier molecular flexibility index (Phi) is 5.29. The van der Waals surface area contributed by atoms with Gasteiger partial charge in [-0.05, 0) is 49.2 Å². The number of nitrogens with zero attached hydrogens (tertiary/aromatic N) is 4. The molecule has 0 unspecified atom stereocenters. The van der Waals surface area contributed by atoms with Crippen LogP contribution in [0.15, 0.2) is 48.7 Å². The molecule has 1 N–H and O–H groups in total. The number of halogens is 2. The Morgan fingerprint density at radius 3 is 2.24 bits per heavy atom. The Morgan fingerprint density at radius 2 is 1.52 bits per heavy atom. The lowest BCUT2D eigenvalue weighted by molar-refractivity contribution is 0.590. The molecule has 1 aromatic heterocycles. The van der Waals surface area contributed by atoms with Crippen molar-refractivity contribution >= 4 is 23.1 Å². The Labute approximate surface area is 169 Å². The van der Waals surface area contributed by atoms with E-state index in [1.165, 1.54) is 35.0 Å². The van der Waals surface area contributed by atoms with Crippen LogP contribution >= 0.6 is 0 Å². The molecule has 0 aliphatic carbocycles. The lowest BCUT2D eigenvalue weighted by atomic mass is 10.1. The van der Waals surface area contributed by atoms with Gasteiger partial charge in [-0.25, -0.2) is 13.8 Å². The molecule has 1 saturated heterocycles. The first-order valence-corrected chi connectivity index (χ1v) is 9.63. The Bertz CT molecular complexity index is 996. The number of nitrogens with one attached hydrogen (secondary N) is 1. The van der Waals surface area contributed by atoms with Gasteiger partial charge in [-0.2, -0.15) is 4.98 Å². The van der Waals surface area contributed by atoms with Gasteiger partial charge in [0.15, 0.2) is 0 Å². The van der Waals surface area contributed by atoms with Crippen molar-refractivity contribution in [3.05, 3.63) is 71.4 Å². The van der Waals surface area contributed by atoms with Crippen molar-refractivity contribution in [1.29, 1.82) is 0 Å². The number of rotatable bonds is 4. The summed E-state index contributed by atoms with van der Waals surface area (Å²) in [5.41, 5.74) is 3.62. The van der Waals surface area contributed by atoms with Crippen LogP contribution in [0.3, 0.4) is 0 Å². The summed E-state index contributed by atoms with van der Waals surface area (Å²) in [5.74, 6) is -0.453. The zero-order chi connectivity index (χ0) is 20.4. The van der Waals surface area contributed by atoms with Crippen molar-refractivity contribution in [3.8, 4) is 0 Å². The van der Waals surface area contributed by atoms with Gasteiger partial charge in [-0.15, -0.1) is 0 Å². The highest BCUT2D eigenvalue weighted by atomic mass is 19.1. The average molecular weight is 395 g/mol. The maximum absolute atomic E-state index is 13.9. The third-order valence-corrected chi connectivity index (χ3v) is 5.36. The summed E-state index contributed by atoms with van der Waals surface area (Å²) in [7, 11) is 0. The quantitative estimate of drug-likeness (QED) is 0.708. The third-order valence-electron chi connectivity index (χ3n) is 5.36. The summed E-state index contributed by atoms with van der Waals surface area (Å²) < 4.78 is 27.8.